The van der Waals surface area contributed by atoms with Gasteiger partial charge in [0.2, 0.25) is 11.3 Å². The van der Waals surface area contributed by atoms with Gasteiger partial charge in [-0.25, -0.2) is 13.8 Å². The van der Waals surface area contributed by atoms with Crippen molar-refractivity contribution in [2.75, 3.05) is 11.4 Å². The first-order valence-electron chi connectivity index (χ1n) is 13.9. The number of benzene rings is 1. The highest BCUT2D eigenvalue weighted by molar-refractivity contribution is 5.99. The van der Waals surface area contributed by atoms with Crippen molar-refractivity contribution in [2.45, 2.75) is 56.9 Å². The maximum absolute atomic E-state index is 15.1. The Morgan fingerprint density at radius 2 is 2.00 bits per heavy atom. The van der Waals surface area contributed by atoms with Crippen LogP contribution >= 0.6 is 0 Å². The average Bonchev–Trinajstić information content (AvgIpc) is 3.21. The fourth-order valence-corrected chi connectivity index (χ4v) is 8.87. The summed E-state index contributed by atoms with van der Waals surface area (Å²) >= 11 is 0. The Hall–Kier alpha value is -3.62. The first-order chi connectivity index (χ1) is 18.8. The van der Waals surface area contributed by atoms with Gasteiger partial charge in [-0.3, -0.25) is 23.9 Å². The van der Waals surface area contributed by atoms with Crippen LogP contribution in [0, 0.1) is 34.8 Å². The normalized spacial score (nSPS) is 32.1. The second-order valence-electron chi connectivity index (χ2n) is 12.3. The summed E-state index contributed by atoms with van der Waals surface area (Å²) in [4.78, 5) is 46.0. The first kappa shape index (κ1) is 23.3. The molecule has 5 atom stereocenters. The van der Waals surface area contributed by atoms with E-state index >= 15 is 4.39 Å². The number of fused-ring (bicyclic) bond motifs is 2. The zero-order valence-electron chi connectivity index (χ0n) is 21.4. The molecule has 3 aromatic rings. The van der Waals surface area contributed by atoms with Crippen LogP contribution in [-0.2, 0) is 4.79 Å². The summed E-state index contributed by atoms with van der Waals surface area (Å²) in [5.41, 5.74) is -0.644. The largest absolute Gasteiger partial charge is 0.346 e. The highest BCUT2D eigenvalue weighted by Crippen LogP contribution is 2.79. The quantitative estimate of drug-likeness (QED) is 0.539. The number of carbonyl (C=O) groups is 2. The summed E-state index contributed by atoms with van der Waals surface area (Å²) in [6, 6.07) is 6.27. The van der Waals surface area contributed by atoms with Crippen molar-refractivity contribution in [1.82, 2.24) is 14.9 Å². The molecule has 1 N–H and O–H groups in total. The molecule has 1 aliphatic heterocycles. The predicted molar refractivity (Wildman–Crippen MR) is 140 cm³/mol. The number of rotatable bonds is 4. The summed E-state index contributed by atoms with van der Waals surface area (Å²) in [5.74, 6) is 0.268. The molecule has 2 amide bonds. The van der Waals surface area contributed by atoms with Crippen LogP contribution < -0.4 is 15.6 Å². The van der Waals surface area contributed by atoms with Gasteiger partial charge in [0.15, 0.2) is 5.65 Å². The molecule has 1 aromatic carbocycles. The molecule has 5 aliphatic rings. The van der Waals surface area contributed by atoms with E-state index in [9.17, 15) is 18.8 Å². The number of halogens is 2. The molecule has 4 saturated carbocycles. The smallest absolute Gasteiger partial charge is 0.257 e. The standard InChI is InChI=1S/C30H28F2N4O3/c31-18-3-5-23(22(32)12-18)36-14-20(26(38)19-4-6-24(33-27(19)36)35-9-1-2-25(35)37)28(39)34-30-13-16-10-17-7-8-29(30,15-30)21(17)11-16/h3-6,12,14,16-17,21H,1-2,7-11,13,15H2,(H,34,39). The molecular weight excluding hydrogens is 502 g/mol. The van der Waals surface area contributed by atoms with Gasteiger partial charge in [-0.1, -0.05) is 0 Å². The zero-order chi connectivity index (χ0) is 26.7. The molecule has 0 radical (unpaired) electrons. The molecule has 2 aromatic heterocycles. The van der Waals surface area contributed by atoms with Crippen LogP contribution in [0.15, 0.2) is 41.3 Å². The van der Waals surface area contributed by atoms with Gasteiger partial charge in [-0.05, 0) is 92.4 Å². The molecule has 5 unspecified atom stereocenters. The minimum Gasteiger partial charge on any atom is -0.346 e. The van der Waals surface area contributed by atoms with Gasteiger partial charge in [0.1, 0.15) is 23.0 Å². The Kier molecular flexibility index (Phi) is 4.62. The molecule has 2 bridgehead atoms. The third kappa shape index (κ3) is 3.13. The van der Waals surface area contributed by atoms with Crippen LogP contribution in [0.2, 0.25) is 0 Å². The Balaban J connectivity index is 1.25. The number of amides is 2. The predicted octanol–water partition coefficient (Wildman–Crippen LogP) is 4.49. The van der Waals surface area contributed by atoms with E-state index in [-0.39, 0.29) is 39.1 Å². The molecule has 7 nitrogen and oxygen atoms in total. The maximum atomic E-state index is 15.1. The van der Waals surface area contributed by atoms with Crippen molar-refractivity contribution in [3.05, 3.63) is 63.9 Å². The summed E-state index contributed by atoms with van der Waals surface area (Å²) in [6.07, 6.45) is 9.18. The molecule has 39 heavy (non-hydrogen) atoms. The number of pyridine rings is 2. The molecule has 200 valence electrons. The minimum absolute atomic E-state index is 0.0387. The summed E-state index contributed by atoms with van der Waals surface area (Å²) in [6.45, 7) is 0.500. The number of nitrogens with zero attached hydrogens (tertiary/aromatic N) is 3. The molecule has 3 heterocycles. The molecule has 1 spiro atoms. The van der Waals surface area contributed by atoms with Crippen molar-refractivity contribution in [3.8, 4) is 5.69 Å². The van der Waals surface area contributed by atoms with E-state index < -0.39 is 23.0 Å². The second-order valence-corrected chi connectivity index (χ2v) is 12.3. The second kappa shape index (κ2) is 7.73. The number of hydrogen-bond acceptors (Lipinski definition) is 4. The van der Waals surface area contributed by atoms with E-state index in [2.05, 4.69) is 10.3 Å². The fraction of sp³-hybridized carbons (Fsp3) is 0.467. The molecule has 8 rings (SSSR count). The summed E-state index contributed by atoms with van der Waals surface area (Å²) < 4.78 is 30.2. The van der Waals surface area contributed by atoms with E-state index in [1.54, 1.807) is 12.1 Å². The monoisotopic (exact) mass is 530 g/mol. The van der Waals surface area contributed by atoms with Crippen LogP contribution in [0.5, 0.6) is 0 Å². The van der Waals surface area contributed by atoms with E-state index in [4.69, 9.17) is 0 Å². The minimum atomic E-state index is -0.851. The van der Waals surface area contributed by atoms with Crippen LogP contribution in [0.1, 0.15) is 61.7 Å². The van der Waals surface area contributed by atoms with E-state index in [1.165, 1.54) is 41.0 Å². The highest BCUT2D eigenvalue weighted by atomic mass is 19.1. The van der Waals surface area contributed by atoms with E-state index in [0.29, 0.717) is 37.0 Å². The first-order valence-corrected chi connectivity index (χ1v) is 13.9. The third-order valence-corrected chi connectivity index (χ3v) is 10.5. The van der Waals surface area contributed by atoms with Crippen LogP contribution in [0.25, 0.3) is 16.7 Å². The molecule has 4 aliphatic carbocycles. The Bertz CT molecular complexity index is 1670. The third-order valence-electron chi connectivity index (χ3n) is 10.5. The lowest BCUT2D eigenvalue weighted by Gasteiger charge is -2.34. The Morgan fingerprint density at radius 1 is 1.13 bits per heavy atom. The Morgan fingerprint density at radius 3 is 2.79 bits per heavy atom. The average molecular weight is 531 g/mol. The topological polar surface area (TPSA) is 84.3 Å². The fourth-order valence-electron chi connectivity index (χ4n) is 8.87. The lowest BCUT2D eigenvalue weighted by Crippen LogP contribution is -2.46. The van der Waals surface area contributed by atoms with Crippen molar-refractivity contribution >= 4 is 28.7 Å². The van der Waals surface area contributed by atoms with Gasteiger partial charge in [0.05, 0.1) is 11.1 Å². The van der Waals surface area contributed by atoms with Crippen LogP contribution in [0.4, 0.5) is 14.6 Å². The van der Waals surface area contributed by atoms with E-state index in [1.807, 2.05) is 0 Å². The summed E-state index contributed by atoms with van der Waals surface area (Å²) in [5, 5.41) is 3.43. The molecule has 5 fully saturated rings. The number of hydrogen-bond donors (Lipinski definition) is 1. The van der Waals surface area contributed by atoms with Crippen LogP contribution in [0.3, 0.4) is 0 Å². The van der Waals surface area contributed by atoms with Crippen molar-refractivity contribution < 1.29 is 18.4 Å². The number of nitrogens with one attached hydrogen (secondary N) is 1. The van der Waals surface area contributed by atoms with E-state index in [0.717, 1.165) is 37.3 Å². The molecular formula is C30H28F2N4O3. The lowest BCUT2D eigenvalue weighted by atomic mass is 9.77. The van der Waals surface area contributed by atoms with Gasteiger partial charge in [0.25, 0.3) is 5.91 Å². The molecule has 1 saturated heterocycles. The van der Waals surface area contributed by atoms with Gasteiger partial charge in [0, 0.05) is 30.8 Å². The van der Waals surface area contributed by atoms with Gasteiger partial charge in [-0.15, -0.1) is 0 Å². The number of aromatic nitrogens is 2. The van der Waals surface area contributed by atoms with Crippen molar-refractivity contribution in [1.29, 1.82) is 0 Å². The SMILES string of the molecule is O=C(NC12CC3CC4CCC1(C2)C4C3)c1cn(-c2ccc(F)cc2F)c2nc(N3CCCC3=O)ccc2c1=O. The van der Waals surface area contributed by atoms with Crippen molar-refractivity contribution in [3.63, 3.8) is 0 Å². The van der Waals surface area contributed by atoms with Gasteiger partial charge in [-0.2, -0.15) is 0 Å². The number of carbonyl (C=O) groups excluding carboxylic acids is 2. The van der Waals surface area contributed by atoms with Gasteiger partial charge < -0.3 is 5.32 Å². The molecule has 9 heteroatoms. The number of anilines is 1. The van der Waals surface area contributed by atoms with Crippen molar-refractivity contribution in [2.24, 2.45) is 23.2 Å². The summed E-state index contributed by atoms with van der Waals surface area (Å²) in [7, 11) is 0. The highest BCUT2D eigenvalue weighted by Gasteiger charge is 2.78. The maximum Gasteiger partial charge on any atom is 0.257 e. The lowest BCUT2D eigenvalue weighted by molar-refractivity contribution is -0.117. The zero-order valence-corrected chi connectivity index (χ0v) is 21.4. The van der Waals surface area contributed by atoms with Gasteiger partial charge >= 0.3 is 0 Å². The Labute approximate surface area is 223 Å². The van der Waals surface area contributed by atoms with Crippen LogP contribution in [-0.4, -0.2) is 33.4 Å².